The second kappa shape index (κ2) is 7.00. The van der Waals surface area contributed by atoms with Gasteiger partial charge in [0.1, 0.15) is 5.75 Å². The highest BCUT2D eigenvalue weighted by Crippen LogP contribution is 2.30. The zero-order valence-electron chi connectivity index (χ0n) is 14.4. The molecular formula is C20H19N3O3. The Labute approximate surface area is 151 Å². The quantitative estimate of drug-likeness (QED) is 0.728. The molecule has 1 aliphatic carbocycles. The lowest BCUT2D eigenvalue weighted by molar-refractivity contribution is -0.117. The molecule has 0 unspecified atom stereocenters. The first-order valence-corrected chi connectivity index (χ1v) is 8.60. The largest absolute Gasteiger partial charge is 0.484 e. The molecule has 6 heteroatoms. The number of ether oxygens (including phenoxy) is 1. The highest BCUT2D eigenvalue weighted by atomic mass is 16.5. The smallest absolute Gasteiger partial charge is 0.254 e. The van der Waals surface area contributed by atoms with E-state index in [0.29, 0.717) is 17.5 Å². The van der Waals surface area contributed by atoms with Gasteiger partial charge in [-0.05, 0) is 56.2 Å². The van der Waals surface area contributed by atoms with E-state index in [4.69, 9.17) is 9.15 Å². The van der Waals surface area contributed by atoms with E-state index in [1.807, 2.05) is 43.3 Å². The van der Waals surface area contributed by atoms with Crippen molar-refractivity contribution in [2.24, 2.45) is 5.92 Å². The van der Waals surface area contributed by atoms with E-state index < -0.39 is 0 Å². The van der Waals surface area contributed by atoms with Crippen molar-refractivity contribution < 1.29 is 13.9 Å². The minimum Gasteiger partial charge on any atom is -0.484 e. The van der Waals surface area contributed by atoms with Crippen molar-refractivity contribution in [3.05, 3.63) is 60.0 Å². The Morgan fingerprint density at radius 3 is 2.54 bits per heavy atom. The van der Waals surface area contributed by atoms with Gasteiger partial charge >= 0.3 is 0 Å². The topological polar surface area (TPSA) is 77.3 Å². The van der Waals surface area contributed by atoms with Crippen LogP contribution in [0.15, 0.2) is 52.9 Å². The number of anilines is 1. The van der Waals surface area contributed by atoms with Crippen molar-refractivity contribution >= 4 is 11.6 Å². The highest BCUT2D eigenvalue weighted by Gasteiger charge is 2.29. The molecule has 6 nitrogen and oxygen atoms in total. The molecule has 1 N–H and O–H groups in total. The number of nitrogens with one attached hydrogen (secondary N) is 1. The fourth-order valence-electron chi connectivity index (χ4n) is 2.49. The molecule has 1 amide bonds. The van der Waals surface area contributed by atoms with Crippen molar-refractivity contribution in [3.8, 4) is 17.2 Å². The number of rotatable bonds is 6. The minimum atomic E-state index is 0.0909. The number of hydrogen-bond acceptors (Lipinski definition) is 5. The average Bonchev–Trinajstić information content (AvgIpc) is 3.41. The van der Waals surface area contributed by atoms with Gasteiger partial charge in [-0.25, -0.2) is 0 Å². The third-order valence-electron chi connectivity index (χ3n) is 4.20. The third kappa shape index (κ3) is 3.91. The molecule has 0 bridgehead atoms. The van der Waals surface area contributed by atoms with E-state index in [0.717, 1.165) is 24.1 Å². The number of aromatic nitrogens is 2. The fourth-order valence-corrected chi connectivity index (χ4v) is 2.49. The molecule has 0 radical (unpaired) electrons. The van der Waals surface area contributed by atoms with Crippen molar-refractivity contribution in [1.82, 2.24) is 10.2 Å². The standard InChI is InChI=1S/C20H19N3O3/c1-13-2-4-15(5-3-13)20-23-22-18(26-20)12-25-17-10-8-16(9-11-17)21-19(24)14-6-7-14/h2-5,8-11,14H,6-7,12H2,1H3,(H,21,24). The van der Waals surface area contributed by atoms with Crippen LogP contribution in [0.4, 0.5) is 5.69 Å². The fraction of sp³-hybridized carbons (Fsp3) is 0.250. The monoisotopic (exact) mass is 349 g/mol. The van der Waals surface area contributed by atoms with Gasteiger partial charge in [0.2, 0.25) is 11.8 Å². The summed E-state index contributed by atoms with van der Waals surface area (Å²) in [7, 11) is 0. The summed E-state index contributed by atoms with van der Waals surface area (Å²) >= 11 is 0. The summed E-state index contributed by atoms with van der Waals surface area (Å²) in [6.07, 6.45) is 1.98. The van der Waals surface area contributed by atoms with Crippen LogP contribution < -0.4 is 10.1 Å². The van der Waals surface area contributed by atoms with Crippen LogP contribution in [0.25, 0.3) is 11.5 Å². The lowest BCUT2D eigenvalue weighted by Gasteiger charge is -2.06. The van der Waals surface area contributed by atoms with Crippen LogP contribution >= 0.6 is 0 Å². The number of amides is 1. The second-order valence-corrected chi connectivity index (χ2v) is 6.44. The highest BCUT2D eigenvalue weighted by molar-refractivity contribution is 5.94. The molecule has 1 aliphatic rings. The van der Waals surface area contributed by atoms with Gasteiger partial charge in [0, 0.05) is 17.2 Å². The Balaban J connectivity index is 1.33. The van der Waals surface area contributed by atoms with Gasteiger partial charge in [-0.3, -0.25) is 4.79 Å². The summed E-state index contributed by atoms with van der Waals surface area (Å²) in [5, 5.41) is 11.0. The number of hydrogen-bond donors (Lipinski definition) is 1. The maximum atomic E-state index is 11.7. The predicted molar refractivity (Wildman–Crippen MR) is 96.6 cm³/mol. The Kier molecular flexibility index (Phi) is 4.39. The van der Waals surface area contributed by atoms with E-state index in [2.05, 4.69) is 15.5 Å². The Hall–Kier alpha value is -3.15. The number of benzene rings is 2. The van der Waals surface area contributed by atoms with E-state index in [1.165, 1.54) is 5.56 Å². The zero-order valence-corrected chi connectivity index (χ0v) is 14.4. The van der Waals surface area contributed by atoms with E-state index in [9.17, 15) is 4.79 Å². The van der Waals surface area contributed by atoms with Gasteiger partial charge in [-0.15, -0.1) is 10.2 Å². The summed E-state index contributed by atoms with van der Waals surface area (Å²) in [6.45, 7) is 2.21. The summed E-state index contributed by atoms with van der Waals surface area (Å²) in [5.74, 6) is 1.83. The molecule has 0 saturated heterocycles. The number of carbonyl (C=O) groups excluding carboxylic acids is 1. The van der Waals surface area contributed by atoms with E-state index >= 15 is 0 Å². The lowest BCUT2D eigenvalue weighted by Crippen LogP contribution is -2.13. The normalized spacial score (nSPS) is 13.4. The SMILES string of the molecule is Cc1ccc(-c2nnc(COc3ccc(NC(=O)C4CC4)cc3)o2)cc1. The van der Waals surface area contributed by atoms with Gasteiger partial charge in [0.15, 0.2) is 6.61 Å². The van der Waals surface area contributed by atoms with Crippen molar-refractivity contribution in [3.63, 3.8) is 0 Å². The number of carbonyl (C=O) groups is 1. The molecule has 1 aromatic heterocycles. The van der Waals surface area contributed by atoms with Crippen molar-refractivity contribution in [2.75, 3.05) is 5.32 Å². The van der Waals surface area contributed by atoms with Gasteiger partial charge in [0.25, 0.3) is 5.89 Å². The maximum absolute atomic E-state index is 11.7. The first-order chi connectivity index (χ1) is 12.7. The molecule has 0 spiro atoms. The van der Waals surface area contributed by atoms with Crippen molar-refractivity contribution in [1.29, 1.82) is 0 Å². The molecule has 1 heterocycles. The van der Waals surface area contributed by atoms with Crippen molar-refractivity contribution in [2.45, 2.75) is 26.4 Å². The Morgan fingerprint density at radius 2 is 1.85 bits per heavy atom. The Morgan fingerprint density at radius 1 is 1.12 bits per heavy atom. The Bertz CT molecular complexity index is 897. The molecule has 1 saturated carbocycles. The molecule has 0 atom stereocenters. The van der Waals surface area contributed by atoms with Crippen LogP contribution in [0, 0.1) is 12.8 Å². The summed E-state index contributed by atoms with van der Waals surface area (Å²) in [4.78, 5) is 11.7. The van der Waals surface area contributed by atoms with Crippen LogP contribution in [-0.2, 0) is 11.4 Å². The molecule has 26 heavy (non-hydrogen) atoms. The predicted octanol–water partition coefficient (Wildman–Crippen LogP) is 3.97. The molecule has 2 aromatic carbocycles. The minimum absolute atomic E-state index is 0.0909. The van der Waals surface area contributed by atoms with Crippen LogP contribution in [0.3, 0.4) is 0 Å². The molecular weight excluding hydrogens is 330 g/mol. The lowest BCUT2D eigenvalue weighted by atomic mass is 10.1. The molecule has 3 aromatic rings. The van der Waals surface area contributed by atoms with Gasteiger partial charge < -0.3 is 14.5 Å². The van der Waals surface area contributed by atoms with Crippen LogP contribution in [0.2, 0.25) is 0 Å². The summed E-state index contributed by atoms with van der Waals surface area (Å²) < 4.78 is 11.3. The molecule has 4 rings (SSSR count). The van der Waals surface area contributed by atoms with Gasteiger partial charge in [-0.2, -0.15) is 0 Å². The summed E-state index contributed by atoms with van der Waals surface area (Å²) in [5.41, 5.74) is 2.83. The second-order valence-electron chi connectivity index (χ2n) is 6.44. The van der Waals surface area contributed by atoms with Gasteiger partial charge in [-0.1, -0.05) is 17.7 Å². The number of nitrogens with zero attached hydrogens (tertiary/aromatic N) is 2. The van der Waals surface area contributed by atoms with Crippen LogP contribution in [-0.4, -0.2) is 16.1 Å². The van der Waals surface area contributed by atoms with E-state index in [1.54, 1.807) is 12.1 Å². The first kappa shape index (κ1) is 16.3. The number of aryl methyl sites for hydroxylation is 1. The maximum Gasteiger partial charge on any atom is 0.254 e. The van der Waals surface area contributed by atoms with Crippen LogP contribution in [0.1, 0.15) is 24.3 Å². The van der Waals surface area contributed by atoms with Gasteiger partial charge in [0.05, 0.1) is 0 Å². The molecule has 132 valence electrons. The molecule has 1 fully saturated rings. The summed E-state index contributed by atoms with van der Waals surface area (Å²) in [6, 6.07) is 15.1. The van der Waals surface area contributed by atoms with Crippen LogP contribution in [0.5, 0.6) is 5.75 Å². The average molecular weight is 349 g/mol. The first-order valence-electron chi connectivity index (χ1n) is 8.60. The third-order valence-corrected chi connectivity index (χ3v) is 4.20. The van der Waals surface area contributed by atoms with E-state index in [-0.39, 0.29) is 18.4 Å². The zero-order chi connectivity index (χ0) is 17.9. The molecule has 0 aliphatic heterocycles.